The maximum Gasteiger partial charge on any atom is 0.314 e. The summed E-state index contributed by atoms with van der Waals surface area (Å²) in [5.41, 5.74) is 0.432. The third kappa shape index (κ3) is 2.22. The van der Waals surface area contributed by atoms with Crippen molar-refractivity contribution in [3.05, 3.63) is 27.9 Å². The monoisotopic (exact) mass is 313 g/mol. The van der Waals surface area contributed by atoms with Crippen LogP contribution >= 0.6 is 15.9 Å². The third-order valence-corrected chi connectivity index (χ3v) is 3.88. The normalized spacial score (nSPS) is 19.3. The Morgan fingerprint density at radius 3 is 2.94 bits per heavy atom. The molecular weight excluding hydrogens is 302 g/mol. The Hall–Kier alpha value is -1.50. The molecule has 1 aliphatic heterocycles. The largest absolute Gasteiger partial charge is 0.314 e. The first-order valence-corrected chi connectivity index (χ1v) is 6.63. The Morgan fingerprint density at radius 1 is 1.67 bits per heavy atom. The topological polar surface area (TPSA) is 76.3 Å². The van der Waals surface area contributed by atoms with E-state index in [1.807, 2.05) is 0 Å². The second kappa shape index (κ2) is 5.01. The molecule has 18 heavy (non-hydrogen) atoms. The van der Waals surface area contributed by atoms with Crippen LogP contribution in [0.4, 0.5) is 11.5 Å². The number of rotatable bonds is 3. The fraction of sp³-hybridized carbons (Fsp3) is 0.455. The molecule has 0 aromatic carbocycles. The van der Waals surface area contributed by atoms with E-state index in [1.54, 1.807) is 13.0 Å². The fourth-order valence-electron chi connectivity index (χ4n) is 2.05. The van der Waals surface area contributed by atoms with Gasteiger partial charge in [-0.3, -0.25) is 19.8 Å². The summed E-state index contributed by atoms with van der Waals surface area (Å²) in [6.45, 7) is 2.12. The molecule has 0 N–H and O–H groups in total. The van der Waals surface area contributed by atoms with Gasteiger partial charge in [-0.05, 0) is 18.9 Å². The smallest absolute Gasteiger partial charge is 0.291 e. The second-order valence-electron chi connectivity index (χ2n) is 4.29. The van der Waals surface area contributed by atoms with Gasteiger partial charge in [0.2, 0.25) is 11.7 Å². The Bertz CT molecular complexity index is 506. The Balaban J connectivity index is 2.43. The number of hydrogen-bond acceptors (Lipinski definition) is 4. The zero-order valence-electron chi connectivity index (χ0n) is 9.80. The van der Waals surface area contributed by atoms with Gasteiger partial charge in [0, 0.05) is 30.1 Å². The van der Waals surface area contributed by atoms with Crippen molar-refractivity contribution in [3.63, 3.8) is 0 Å². The summed E-state index contributed by atoms with van der Waals surface area (Å²) >= 11 is 3.33. The minimum Gasteiger partial charge on any atom is -0.291 e. The van der Waals surface area contributed by atoms with Gasteiger partial charge in [-0.15, -0.1) is 0 Å². The number of carbonyl (C=O) groups excluding carboxylic acids is 1. The maximum absolute atomic E-state index is 11.9. The Kier molecular flexibility index (Phi) is 3.60. The van der Waals surface area contributed by atoms with E-state index in [0.717, 1.165) is 0 Å². The number of carbonyl (C=O) groups is 1. The lowest BCUT2D eigenvalue weighted by atomic mass is 10.2. The van der Waals surface area contributed by atoms with Crippen molar-refractivity contribution in [2.24, 2.45) is 5.92 Å². The fourth-order valence-corrected chi connectivity index (χ4v) is 2.48. The second-order valence-corrected chi connectivity index (χ2v) is 4.93. The van der Waals surface area contributed by atoms with E-state index in [9.17, 15) is 14.9 Å². The van der Waals surface area contributed by atoms with E-state index in [4.69, 9.17) is 0 Å². The first-order chi connectivity index (χ1) is 8.54. The molecule has 6 nitrogen and oxygen atoms in total. The van der Waals surface area contributed by atoms with Gasteiger partial charge in [0.05, 0.1) is 4.92 Å². The molecule has 1 amide bonds. The van der Waals surface area contributed by atoms with E-state index in [-0.39, 0.29) is 23.3 Å². The molecule has 0 bridgehead atoms. The van der Waals surface area contributed by atoms with Crippen molar-refractivity contribution in [2.45, 2.75) is 13.3 Å². The molecule has 1 unspecified atom stereocenters. The van der Waals surface area contributed by atoms with Gasteiger partial charge in [0.15, 0.2) is 0 Å². The van der Waals surface area contributed by atoms with Crippen molar-refractivity contribution < 1.29 is 9.72 Å². The predicted octanol–water partition coefficient (Wildman–Crippen LogP) is 2.05. The molecule has 0 spiro atoms. The number of nitrogens with zero attached hydrogens (tertiary/aromatic N) is 3. The van der Waals surface area contributed by atoms with Gasteiger partial charge in [-0.25, -0.2) is 4.98 Å². The average molecular weight is 314 g/mol. The van der Waals surface area contributed by atoms with Crippen molar-refractivity contribution >= 4 is 33.3 Å². The van der Waals surface area contributed by atoms with Crippen LogP contribution in [0, 0.1) is 23.0 Å². The molecule has 0 saturated carbocycles. The average Bonchev–Trinajstić information content (AvgIpc) is 2.69. The van der Waals surface area contributed by atoms with Crippen molar-refractivity contribution in [3.8, 4) is 0 Å². The zero-order valence-corrected chi connectivity index (χ0v) is 11.4. The van der Waals surface area contributed by atoms with Crippen LogP contribution in [0.25, 0.3) is 0 Å². The lowest BCUT2D eigenvalue weighted by molar-refractivity contribution is -0.384. The number of hydrogen-bond donors (Lipinski definition) is 0. The van der Waals surface area contributed by atoms with E-state index in [0.29, 0.717) is 23.9 Å². The highest BCUT2D eigenvalue weighted by atomic mass is 79.9. The van der Waals surface area contributed by atoms with Crippen LogP contribution in [0.5, 0.6) is 0 Å². The molecule has 0 aliphatic carbocycles. The summed E-state index contributed by atoms with van der Waals surface area (Å²) in [4.78, 5) is 27.9. The highest BCUT2D eigenvalue weighted by molar-refractivity contribution is 9.09. The quantitative estimate of drug-likeness (QED) is 0.486. The molecule has 2 heterocycles. The van der Waals surface area contributed by atoms with Crippen LogP contribution in [0.1, 0.15) is 12.0 Å². The predicted molar refractivity (Wildman–Crippen MR) is 69.9 cm³/mol. The molecule has 0 radical (unpaired) electrons. The molecule has 1 saturated heterocycles. The van der Waals surface area contributed by atoms with E-state index >= 15 is 0 Å². The molecule has 7 heteroatoms. The number of pyridine rings is 1. The van der Waals surface area contributed by atoms with Gasteiger partial charge < -0.3 is 0 Å². The van der Waals surface area contributed by atoms with E-state index < -0.39 is 4.92 Å². The minimum atomic E-state index is -0.480. The van der Waals surface area contributed by atoms with Gasteiger partial charge in [0.25, 0.3) is 0 Å². The van der Waals surface area contributed by atoms with Crippen LogP contribution in [0.2, 0.25) is 0 Å². The molecule has 2 rings (SSSR count). The van der Waals surface area contributed by atoms with Gasteiger partial charge >= 0.3 is 5.69 Å². The first kappa shape index (κ1) is 12.9. The summed E-state index contributed by atoms with van der Waals surface area (Å²) < 4.78 is 0. The Morgan fingerprint density at radius 2 is 2.39 bits per heavy atom. The van der Waals surface area contributed by atoms with Crippen molar-refractivity contribution in [2.75, 3.05) is 16.8 Å². The van der Waals surface area contributed by atoms with Crippen molar-refractivity contribution in [1.82, 2.24) is 4.98 Å². The highest BCUT2D eigenvalue weighted by Gasteiger charge is 2.35. The molecule has 1 aliphatic rings. The summed E-state index contributed by atoms with van der Waals surface area (Å²) in [5.74, 6) is 0.230. The van der Waals surface area contributed by atoms with Gasteiger partial charge in [0.1, 0.15) is 0 Å². The number of halogens is 1. The van der Waals surface area contributed by atoms with Crippen LogP contribution in [-0.4, -0.2) is 27.7 Å². The number of nitro groups is 1. The first-order valence-electron chi connectivity index (χ1n) is 5.51. The highest BCUT2D eigenvalue weighted by Crippen LogP contribution is 2.33. The van der Waals surface area contributed by atoms with E-state index in [1.165, 1.54) is 11.1 Å². The minimum absolute atomic E-state index is 0.0823. The Labute approximate surface area is 112 Å². The molecule has 1 aromatic rings. The van der Waals surface area contributed by atoms with Gasteiger partial charge in [-0.2, -0.15) is 0 Å². The van der Waals surface area contributed by atoms with Crippen LogP contribution in [-0.2, 0) is 4.79 Å². The van der Waals surface area contributed by atoms with Crippen LogP contribution in [0.3, 0.4) is 0 Å². The lowest BCUT2D eigenvalue weighted by Crippen LogP contribution is -2.26. The van der Waals surface area contributed by atoms with E-state index in [2.05, 4.69) is 20.9 Å². The standard InChI is InChI=1S/C11H12BrN3O3/c1-7-2-3-13-11(10(7)15(17)18)14-6-8(5-12)4-9(14)16/h2-3,8H,4-6H2,1H3. The lowest BCUT2D eigenvalue weighted by Gasteiger charge is -2.15. The number of anilines is 1. The molecule has 96 valence electrons. The summed E-state index contributed by atoms with van der Waals surface area (Å²) in [7, 11) is 0. The maximum atomic E-state index is 11.9. The number of alkyl halides is 1. The summed E-state index contributed by atoms with van der Waals surface area (Å²) in [6, 6.07) is 1.57. The molecule has 1 atom stereocenters. The van der Waals surface area contributed by atoms with Gasteiger partial charge in [-0.1, -0.05) is 15.9 Å². The number of aromatic nitrogens is 1. The zero-order chi connectivity index (χ0) is 13.3. The molecule has 1 aromatic heterocycles. The summed E-state index contributed by atoms with van der Waals surface area (Å²) in [6.07, 6.45) is 1.89. The SMILES string of the molecule is Cc1ccnc(N2CC(CBr)CC2=O)c1[N+](=O)[O-]. The van der Waals surface area contributed by atoms with Crippen LogP contribution < -0.4 is 4.90 Å². The number of amides is 1. The molecular formula is C11H12BrN3O3. The summed E-state index contributed by atoms with van der Waals surface area (Å²) in [5, 5.41) is 11.8. The molecule has 1 fully saturated rings. The van der Waals surface area contributed by atoms with Crippen molar-refractivity contribution in [1.29, 1.82) is 0 Å². The number of aryl methyl sites for hydroxylation is 1. The van der Waals surface area contributed by atoms with Crippen LogP contribution in [0.15, 0.2) is 12.3 Å². The third-order valence-electron chi connectivity index (χ3n) is 2.97.